The van der Waals surface area contributed by atoms with E-state index in [-0.39, 0.29) is 12.6 Å². The van der Waals surface area contributed by atoms with Crippen LogP contribution in [0.15, 0.2) is 24.3 Å². The fraction of sp³-hybridized carbons (Fsp3) is 0.364. The molecule has 0 aliphatic heterocycles. The lowest BCUT2D eigenvalue weighted by Gasteiger charge is -2.07. The summed E-state index contributed by atoms with van der Waals surface area (Å²) in [5.74, 6) is 0.114. The molecule has 0 amide bonds. The molecule has 1 rings (SSSR count). The van der Waals surface area contributed by atoms with Crippen LogP contribution in [-0.4, -0.2) is 28.9 Å². The monoisotopic (exact) mass is 210 g/mol. The summed E-state index contributed by atoms with van der Waals surface area (Å²) in [6.07, 6.45) is -0.360. The van der Waals surface area contributed by atoms with Crippen LogP contribution in [0.4, 0.5) is 0 Å². The van der Waals surface area contributed by atoms with E-state index in [1.54, 1.807) is 24.3 Å². The zero-order valence-electron chi connectivity index (χ0n) is 8.51. The molecule has 1 aromatic rings. The van der Waals surface area contributed by atoms with Gasteiger partial charge >= 0.3 is 5.97 Å². The third-order valence-electron chi connectivity index (χ3n) is 1.87. The molecule has 0 heterocycles. The second kappa shape index (κ2) is 5.48. The van der Waals surface area contributed by atoms with Gasteiger partial charge in [-0.1, -0.05) is 12.1 Å². The highest BCUT2D eigenvalue weighted by Crippen LogP contribution is 2.13. The number of aliphatic hydroxyl groups excluding tert-OH is 2. The third kappa shape index (κ3) is 4.10. The van der Waals surface area contributed by atoms with Gasteiger partial charge < -0.3 is 14.9 Å². The van der Waals surface area contributed by atoms with Gasteiger partial charge in [-0.05, 0) is 17.7 Å². The molecule has 1 atom stereocenters. The van der Waals surface area contributed by atoms with Crippen LogP contribution in [0.3, 0.4) is 0 Å². The van der Waals surface area contributed by atoms with Gasteiger partial charge in [0.05, 0.1) is 12.7 Å². The van der Waals surface area contributed by atoms with Crippen molar-refractivity contribution in [2.75, 3.05) is 6.61 Å². The molecule has 4 nitrogen and oxygen atoms in total. The summed E-state index contributed by atoms with van der Waals surface area (Å²) in [5.41, 5.74) is 0.882. The maximum atomic E-state index is 10.6. The zero-order valence-corrected chi connectivity index (χ0v) is 8.51. The molecule has 15 heavy (non-hydrogen) atoms. The highest BCUT2D eigenvalue weighted by atomic mass is 16.5. The second-order valence-electron chi connectivity index (χ2n) is 3.28. The topological polar surface area (TPSA) is 66.8 Å². The van der Waals surface area contributed by atoms with Crippen LogP contribution in [0.1, 0.15) is 12.5 Å². The normalized spacial score (nSPS) is 12.2. The van der Waals surface area contributed by atoms with Crippen LogP contribution in [0.25, 0.3) is 0 Å². The number of aliphatic hydroxyl groups is 2. The Morgan fingerprint density at radius 3 is 2.47 bits per heavy atom. The maximum Gasteiger partial charge on any atom is 0.308 e. The fourth-order valence-corrected chi connectivity index (χ4v) is 1.20. The lowest BCUT2D eigenvalue weighted by molar-refractivity contribution is -0.131. The summed E-state index contributed by atoms with van der Waals surface area (Å²) in [7, 11) is 0. The lowest BCUT2D eigenvalue weighted by Crippen LogP contribution is -2.14. The number of ether oxygens (including phenoxy) is 1. The highest BCUT2D eigenvalue weighted by Gasteiger charge is 2.04. The highest BCUT2D eigenvalue weighted by molar-refractivity contribution is 5.69. The van der Waals surface area contributed by atoms with E-state index in [4.69, 9.17) is 9.84 Å². The van der Waals surface area contributed by atoms with Crippen molar-refractivity contribution < 1.29 is 19.7 Å². The number of hydrogen-bond donors (Lipinski definition) is 2. The zero-order chi connectivity index (χ0) is 11.3. The number of rotatable bonds is 4. The molecule has 82 valence electrons. The van der Waals surface area contributed by atoms with Gasteiger partial charge in [-0.15, -0.1) is 0 Å². The summed E-state index contributed by atoms with van der Waals surface area (Å²) in [6.45, 7) is 1.08. The number of benzene rings is 1. The number of hydrogen-bond acceptors (Lipinski definition) is 4. The van der Waals surface area contributed by atoms with Crippen molar-refractivity contribution in [2.24, 2.45) is 0 Å². The van der Waals surface area contributed by atoms with Crippen molar-refractivity contribution in [3.05, 3.63) is 29.8 Å². The van der Waals surface area contributed by atoms with Gasteiger partial charge in [0, 0.05) is 13.3 Å². The molecule has 0 aliphatic rings. The summed E-state index contributed by atoms with van der Waals surface area (Å²) < 4.78 is 4.85. The van der Waals surface area contributed by atoms with Crippen molar-refractivity contribution in [3.8, 4) is 5.75 Å². The molecule has 4 heteroatoms. The Labute approximate surface area is 88.1 Å². The van der Waals surface area contributed by atoms with Crippen LogP contribution in [-0.2, 0) is 11.2 Å². The Bertz CT molecular complexity index is 318. The van der Waals surface area contributed by atoms with E-state index in [1.807, 2.05) is 0 Å². The van der Waals surface area contributed by atoms with Gasteiger partial charge in [0.15, 0.2) is 0 Å². The quantitative estimate of drug-likeness (QED) is 0.561. The van der Waals surface area contributed by atoms with Crippen molar-refractivity contribution in [1.82, 2.24) is 0 Å². The van der Waals surface area contributed by atoms with Gasteiger partial charge in [-0.3, -0.25) is 4.79 Å². The molecule has 0 bridgehead atoms. The molecule has 0 aromatic heterocycles. The average molecular weight is 210 g/mol. The van der Waals surface area contributed by atoms with E-state index < -0.39 is 6.10 Å². The van der Waals surface area contributed by atoms with Crippen molar-refractivity contribution in [2.45, 2.75) is 19.4 Å². The van der Waals surface area contributed by atoms with Crippen LogP contribution in [0.2, 0.25) is 0 Å². The van der Waals surface area contributed by atoms with Gasteiger partial charge in [0.1, 0.15) is 5.75 Å². The van der Waals surface area contributed by atoms with E-state index in [1.165, 1.54) is 6.92 Å². The van der Waals surface area contributed by atoms with E-state index >= 15 is 0 Å². The standard InChI is InChI=1S/C11H14O4/c1-8(13)15-11-4-2-9(3-5-11)6-10(14)7-12/h2-5,10,12,14H,6-7H2,1H3. The molecule has 0 saturated heterocycles. The van der Waals surface area contributed by atoms with Gasteiger partial charge in [-0.2, -0.15) is 0 Å². The Kier molecular flexibility index (Phi) is 4.27. The Morgan fingerprint density at radius 2 is 2.00 bits per heavy atom. The number of carbonyl (C=O) groups excluding carboxylic acids is 1. The molecule has 1 aromatic carbocycles. The first kappa shape index (κ1) is 11.7. The molecule has 0 saturated carbocycles. The van der Waals surface area contributed by atoms with Crippen LogP contribution < -0.4 is 4.74 Å². The number of carbonyl (C=O) groups is 1. The van der Waals surface area contributed by atoms with Crippen LogP contribution >= 0.6 is 0 Å². The minimum Gasteiger partial charge on any atom is -0.427 e. The smallest absolute Gasteiger partial charge is 0.308 e. The molecular weight excluding hydrogens is 196 g/mol. The Hall–Kier alpha value is -1.39. The van der Waals surface area contributed by atoms with Gasteiger partial charge in [0.25, 0.3) is 0 Å². The van der Waals surface area contributed by atoms with Crippen molar-refractivity contribution in [3.63, 3.8) is 0 Å². The van der Waals surface area contributed by atoms with E-state index in [2.05, 4.69) is 0 Å². The maximum absolute atomic E-state index is 10.6. The average Bonchev–Trinajstić information content (AvgIpc) is 2.20. The first-order chi connectivity index (χ1) is 7.11. The van der Waals surface area contributed by atoms with Crippen molar-refractivity contribution in [1.29, 1.82) is 0 Å². The first-order valence-corrected chi connectivity index (χ1v) is 4.68. The lowest BCUT2D eigenvalue weighted by atomic mass is 10.1. The fourth-order valence-electron chi connectivity index (χ4n) is 1.20. The minimum atomic E-state index is -0.746. The SMILES string of the molecule is CC(=O)Oc1ccc(CC(O)CO)cc1. The van der Waals surface area contributed by atoms with Crippen LogP contribution in [0.5, 0.6) is 5.75 Å². The number of esters is 1. The summed E-state index contributed by atoms with van der Waals surface area (Å²) in [4.78, 5) is 10.6. The Balaban J connectivity index is 2.60. The van der Waals surface area contributed by atoms with E-state index in [9.17, 15) is 9.90 Å². The van der Waals surface area contributed by atoms with Gasteiger partial charge in [-0.25, -0.2) is 0 Å². The first-order valence-electron chi connectivity index (χ1n) is 4.68. The molecule has 0 aliphatic carbocycles. The predicted octanol–water partition coefficient (Wildman–Crippen LogP) is 0.508. The van der Waals surface area contributed by atoms with E-state index in [0.717, 1.165) is 5.56 Å². The Morgan fingerprint density at radius 1 is 1.40 bits per heavy atom. The molecule has 0 fully saturated rings. The summed E-state index contributed by atoms with van der Waals surface area (Å²) >= 11 is 0. The largest absolute Gasteiger partial charge is 0.427 e. The minimum absolute atomic E-state index is 0.258. The van der Waals surface area contributed by atoms with Gasteiger partial charge in [0.2, 0.25) is 0 Å². The second-order valence-corrected chi connectivity index (χ2v) is 3.28. The summed E-state index contributed by atoms with van der Waals surface area (Å²) in [6, 6.07) is 6.80. The molecule has 1 unspecified atom stereocenters. The molecular formula is C11H14O4. The third-order valence-corrected chi connectivity index (χ3v) is 1.87. The molecule has 2 N–H and O–H groups in total. The molecule has 0 radical (unpaired) electrons. The van der Waals surface area contributed by atoms with E-state index in [0.29, 0.717) is 12.2 Å². The van der Waals surface area contributed by atoms with Crippen molar-refractivity contribution >= 4 is 5.97 Å². The molecule has 0 spiro atoms. The predicted molar refractivity (Wildman–Crippen MR) is 54.5 cm³/mol. The summed E-state index contributed by atoms with van der Waals surface area (Å²) in [5, 5.41) is 17.8. The van der Waals surface area contributed by atoms with Crippen LogP contribution in [0, 0.1) is 0 Å².